The molecule has 1 rings (SSSR count). The Morgan fingerprint density at radius 2 is 2.05 bits per heavy atom. The third-order valence-corrected chi connectivity index (χ3v) is 6.11. The summed E-state index contributed by atoms with van der Waals surface area (Å²) in [7, 11) is 0. The summed E-state index contributed by atoms with van der Waals surface area (Å²) in [6.45, 7) is 6.13. The molecule has 3 nitrogen and oxygen atoms in total. The van der Waals surface area contributed by atoms with Crippen LogP contribution < -0.4 is 5.32 Å². The molecule has 2 N–H and O–H groups in total. The van der Waals surface area contributed by atoms with Gasteiger partial charge in [-0.2, -0.15) is 11.8 Å². The van der Waals surface area contributed by atoms with E-state index in [1.54, 1.807) is 12.1 Å². The first kappa shape index (κ1) is 17.5. The van der Waals surface area contributed by atoms with Gasteiger partial charge in [-0.3, -0.25) is 0 Å². The van der Waals surface area contributed by atoms with Crippen molar-refractivity contribution in [3.05, 3.63) is 33.8 Å². The lowest BCUT2D eigenvalue weighted by Crippen LogP contribution is -2.36. The van der Waals surface area contributed by atoms with Crippen LogP contribution in [0.25, 0.3) is 0 Å². The molecule has 20 heavy (non-hydrogen) atoms. The number of hydrogen-bond acceptors (Lipinski definition) is 3. The molecule has 0 spiro atoms. The highest BCUT2D eigenvalue weighted by Gasteiger charge is 2.24. The summed E-state index contributed by atoms with van der Waals surface area (Å²) >= 11 is 5.35. The molecule has 0 radical (unpaired) electrons. The van der Waals surface area contributed by atoms with E-state index in [2.05, 4.69) is 41.3 Å². The zero-order chi connectivity index (χ0) is 15.2. The lowest BCUT2D eigenvalue weighted by molar-refractivity contribution is 0.0697. The smallest absolute Gasteiger partial charge is 0.335 e. The van der Waals surface area contributed by atoms with Crippen LogP contribution in [0, 0.1) is 0 Å². The number of benzene rings is 1. The minimum atomic E-state index is -0.899. The molecule has 0 aromatic heterocycles. The van der Waals surface area contributed by atoms with Gasteiger partial charge in [-0.1, -0.05) is 35.8 Å². The number of rotatable bonds is 8. The number of thioether (sulfide) groups is 1. The van der Waals surface area contributed by atoms with E-state index in [4.69, 9.17) is 5.11 Å². The number of nitrogens with one attached hydrogen (secondary N) is 1. The van der Waals surface area contributed by atoms with Gasteiger partial charge in [0.2, 0.25) is 0 Å². The van der Waals surface area contributed by atoms with Gasteiger partial charge in [-0.25, -0.2) is 4.79 Å². The first-order chi connectivity index (χ1) is 9.48. The van der Waals surface area contributed by atoms with Gasteiger partial charge in [-0.05, 0) is 36.8 Å². The molecule has 5 heteroatoms. The summed E-state index contributed by atoms with van der Waals surface area (Å²) in [4.78, 5) is 10.9. The standard InChI is InChI=1S/C15H22BrNO2S/c1-4-15(5-2,20-3)10-17-9-12-7-6-11(14(18)19)8-13(12)16/h6-8,17H,4-5,9-10H2,1-3H3,(H,18,19). The van der Waals surface area contributed by atoms with Crippen LogP contribution in [0.1, 0.15) is 42.6 Å². The number of aromatic carboxylic acids is 1. The van der Waals surface area contributed by atoms with Crippen LogP contribution in [0.15, 0.2) is 22.7 Å². The minimum absolute atomic E-state index is 0.285. The van der Waals surface area contributed by atoms with E-state index in [1.807, 2.05) is 17.8 Å². The van der Waals surface area contributed by atoms with Gasteiger partial charge in [0.1, 0.15) is 0 Å². The van der Waals surface area contributed by atoms with Crippen molar-refractivity contribution in [3.63, 3.8) is 0 Å². The summed E-state index contributed by atoms with van der Waals surface area (Å²) < 4.78 is 1.13. The van der Waals surface area contributed by atoms with Crippen molar-refractivity contribution in [2.24, 2.45) is 0 Å². The van der Waals surface area contributed by atoms with E-state index < -0.39 is 5.97 Å². The first-order valence-electron chi connectivity index (χ1n) is 6.75. The van der Waals surface area contributed by atoms with Gasteiger partial charge in [-0.15, -0.1) is 0 Å². The van der Waals surface area contributed by atoms with Crippen LogP contribution in [-0.2, 0) is 6.54 Å². The van der Waals surface area contributed by atoms with Crippen LogP contribution in [0.4, 0.5) is 0 Å². The zero-order valence-corrected chi connectivity index (χ0v) is 14.6. The average molecular weight is 360 g/mol. The monoisotopic (exact) mass is 359 g/mol. The number of carboxylic acids is 1. The molecular formula is C15H22BrNO2S. The Morgan fingerprint density at radius 1 is 1.40 bits per heavy atom. The highest BCUT2D eigenvalue weighted by atomic mass is 79.9. The van der Waals surface area contributed by atoms with E-state index >= 15 is 0 Å². The van der Waals surface area contributed by atoms with E-state index in [0.717, 1.165) is 36.0 Å². The molecule has 0 atom stereocenters. The molecule has 0 aliphatic heterocycles. The van der Waals surface area contributed by atoms with E-state index in [0.29, 0.717) is 5.56 Å². The lowest BCUT2D eigenvalue weighted by atomic mass is 10.0. The maximum atomic E-state index is 10.9. The summed E-state index contributed by atoms with van der Waals surface area (Å²) in [6, 6.07) is 5.16. The molecule has 0 heterocycles. The van der Waals surface area contributed by atoms with Crippen molar-refractivity contribution in [2.45, 2.75) is 38.0 Å². The SMILES string of the molecule is CCC(CC)(CNCc1ccc(C(=O)O)cc1Br)SC. The van der Waals surface area contributed by atoms with E-state index in [9.17, 15) is 4.79 Å². The Morgan fingerprint density at radius 3 is 2.50 bits per heavy atom. The van der Waals surface area contributed by atoms with Crippen LogP contribution in [-0.4, -0.2) is 28.6 Å². The van der Waals surface area contributed by atoms with Crippen LogP contribution in [0.3, 0.4) is 0 Å². The Labute approximate surface area is 133 Å². The predicted octanol–water partition coefficient (Wildman–Crippen LogP) is 4.16. The average Bonchev–Trinajstić information content (AvgIpc) is 2.45. The maximum Gasteiger partial charge on any atom is 0.335 e. The molecule has 1 aromatic carbocycles. The van der Waals surface area contributed by atoms with Crippen LogP contribution >= 0.6 is 27.7 Å². The number of carboxylic acid groups (broad SMARTS) is 1. The number of hydrogen-bond donors (Lipinski definition) is 2. The summed E-state index contributed by atoms with van der Waals surface area (Å²) in [5.74, 6) is -0.899. The van der Waals surface area contributed by atoms with E-state index in [1.165, 1.54) is 0 Å². The van der Waals surface area contributed by atoms with Gasteiger partial charge in [0, 0.05) is 22.3 Å². The van der Waals surface area contributed by atoms with Crippen LogP contribution in [0.5, 0.6) is 0 Å². The second-order valence-corrected chi connectivity index (χ2v) is 6.94. The van der Waals surface area contributed by atoms with Crippen molar-refractivity contribution < 1.29 is 9.90 Å². The van der Waals surface area contributed by atoms with Gasteiger partial charge in [0.15, 0.2) is 0 Å². The second-order valence-electron chi connectivity index (χ2n) is 4.81. The molecule has 1 aromatic rings. The quantitative estimate of drug-likeness (QED) is 0.731. The van der Waals surface area contributed by atoms with Crippen LogP contribution in [0.2, 0.25) is 0 Å². The van der Waals surface area contributed by atoms with Gasteiger partial charge < -0.3 is 10.4 Å². The Balaban J connectivity index is 2.64. The maximum absolute atomic E-state index is 10.9. The largest absolute Gasteiger partial charge is 0.478 e. The zero-order valence-electron chi connectivity index (χ0n) is 12.2. The first-order valence-corrected chi connectivity index (χ1v) is 8.77. The fourth-order valence-electron chi connectivity index (χ4n) is 2.11. The molecule has 0 aliphatic carbocycles. The number of carbonyl (C=O) groups is 1. The molecule has 0 amide bonds. The number of halogens is 1. The molecule has 0 saturated heterocycles. The summed E-state index contributed by atoms with van der Waals surface area (Å²) in [5.41, 5.74) is 1.39. The molecule has 112 valence electrons. The minimum Gasteiger partial charge on any atom is -0.478 e. The van der Waals surface area contributed by atoms with E-state index in [-0.39, 0.29) is 4.75 Å². The topological polar surface area (TPSA) is 49.3 Å². The van der Waals surface area contributed by atoms with Gasteiger partial charge >= 0.3 is 5.97 Å². The summed E-state index contributed by atoms with van der Waals surface area (Å²) in [5, 5.41) is 12.4. The third kappa shape index (κ3) is 4.50. The molecular weight excluding hydrogens is 338 g/mol. The Bertz CT molecular complexity index is 453. The van der Waals surface area contributed by atoms with Crippen molar-refractivity contribution in [1.29, 1.82) is 0 Å². The molecule has 0 bridgehead atoms. The Kier molecular flexibility index (Phi) is 7.06. The molecule has 0 aliphatic rings. The normalized spacial score (nSPS) is 11.6. The Hall–Kier alpha value is -0.520. The van der Waals surface area contributed by atoms with Crippen molar-refractivity contribution in [3.8, 4) is 0 Å². The fourth-order valence-corrected chi connectivity index (χ4v) is 3.45. The third-order valence-electron chi connectivity index (χ3n) is 3.78. The highest BCUT2D eigenvalue weighted by molar-refractivity contribution is 9.10. The fraction of sp³-hybridized carbons (Fsp3) is 0.533. The predicted molar refractivity (Wildman–Crippen MR) is 89.6 cm³/mol. The molecule has 0 unspecified atom stereocenters. The summed E-state index contributed by atoms with van der Waals surface area (Å²) in [6.07, 6.45) is 4.43. The van der Waals surface area contributed by atoms with Crippen molar-refractivity contribution >= 4 is 33.7 Å². The van der Waals surface area contributed by atoms with Crippen molar-refractivity contribution in [2.75, 3.05) is 12.8 Å². The lowest BCUT2D eigenvalue weighted by Gasteiger charge is -2.30. The second kappa shape index (κ2) is 8.05. The molecule has 0 fully saturated rings. The van der Waals surface area contributed by atoms with Crippen molar-refractivity contribution in [1.82, 2.24) is 5.32 Å². The van der Waals surface area contributed by atoms with Gasteiger partial charge in [0.05, 0.1) is 5.56 Å². The molecule has 0 saturated carbocycles. The van der Waals surface area contributed by atoms with Gasteiger partial charge in [0.25, 0.3) is 0 Å². The highest BCUT2D eigenvalue weighted by Crippen LogP contribution is 2.29.